The van der Waals surface area contributed by atoms with E-state index in [2.05, 4.69) is 28.1 Å². The molecule has 1 aliphatic heterocycles. The Hall–Kier alpha value is -1.85. The summed E-state index contributed by atoms with van der Waals surface area (Å²) in [5.74, 6) is 0. The Balaban J connectivity index is 1.68. The average Bonchev–Trinajstić information content (AvgIpc) is 3.15. The molecule has 1 fully saturated rings. The van der Waals surface area contributed by atoms with Crippen molar-refractivity contribution in [3.8, 4) is 0 Å². The van der Waals surface area contributed by atoms with E-state index in [1.165, 1.54) is 5.56 Å². The molecule has 0 bridgehead atoms. The minimum Gasteiger partial charge on any atom is -0.445 e. The van der Waals surface area contributed by atoms with Crippen molar-refractivity contribution < 1.29 is 14.3 Å². The van der Waals surface area contributed by atoms with Gasteiger partial charge >= 0.3 is 6.09 Å². The molecule has 1 heterocycles. The van der Waals surface area contributed by atoms with Crippen LogP contribution >= 0.6 is 15.9 Å². The monoisotopic (exact) mass is 417 g/mol. The zero-order valence-corrected chi connectivity index (χ0v) is 16.6. The van der Waals surface area contributed by atoms with Crippen LogP contribution in [0, 0.1) is 6.92 Å². The quantitative estimate of drug-likeness (QED) is 0.657. The van der Waals surface area contributed by atoms with Gasteiger partial charge in [0.25, 0.3) is 0 Å². The minimum atomic E-state index is -0.308. The molecule has 26 heavy (non-hydrogen) atoms. The van der Waals surface area contributed by atoms with Crippen LogP contribution in [0.25, 0.3) is 0 Å². The van der Waals surface area contributed by atoms with Gasteiger partial charge in [-0.25, -0.2) is 4.79 Å². The maximum Gasteiger partial charge on any atom is 0.410 e. The normalized spacial score (nSPS) is 16.5. The lowest BCUT2D eigenvalue weighted by Gasteiger charge is -2.25. The van der Waals surface area contributed by atoms with E-state index in [0.717, 1.165) is 35.0 Å². The highest BCUT2D eigenvalue weighted by Crippen LogP contribution is 2.22. The summed E-state index contributed by atoms with van der Waals surface area (Å²) in [4.78, 5) is 14.5. The number of carbonyl (C=O) groups excluding carboxylic acids is 1. The fourth-order valence-electron chi connectivity index (χ4n) is 3.03. The summed E-state index contributed by atoms with van der Waals surface area (Å²) in [5, 5.41) is 0. The highest BCUT2D eigenvalue weighted by Gasteiger charge is 2.24. The van der Waals surface area contributed by atoms with Gasteiger partial charge in [0.15, 0.2) is 0 Å². The number of hydrogen-bond donors (Lipinski definition) is 0. The van der Waals surface area contributed by atoms with Crippen molar-refractivity contribution in [1.29, 1.82) is 0 Å². The Morgan fingerprint density at radius 2 is 2.08 bits per heavy atom. The predicted octanol–water partition coefficient (Wildman–Crippen LogP) is 5.08. The molecule has 1 unspecified atom stereocenters. The number of aryl methyl sites for hydroxylation is 1. The largest absolute Gasteiger partial charge is 0.445 e. The van der Waals surface area contributed by atoms with Crippen LogP contribution in [0.4, 0.5) is 4.79 Å². The van der Waals surface area contributed by atoms with Crippen LogP contribution in [-0.4, -0.2) is 30.2 Å². The van der Waals surface area contributed by atoms with Crippen molar-refractivity contribution in [2.75, 3.05) is 13.2 Å². The van der Waals surface area contributed by atoms with Gasteiger partial charge in [-0.05, 0) is 42.5 Å². The van der Waals surface area contributed by atoms with E-state index >= 15 is 0 Å². The molecule has 0 spiro atoms. The van der Waals surface area contributed by atoms with E-state index in [1.54, 1.807) is 4.90 Å². The van der Waals surface area contributed by atoms with E-state index in [1.807, 2.05) is 43.3 Å². The van der Waals surface area contributed by atoms with Crippen LogP contribution in [0.5, 0.6) is 0 Å². The van der Waals surface area contributed by atoms with Gasteiger partial charge in [0.1, 0.15) is 6.61 Å². The first-order valence-electron chi connectivity index (χ1n) is 8.94. The standard InChI is InChI=1S/C21H24BrNO3/c1-16-9-10-18(20(22)12-16)13-23(14-19-8-5-11-25-19)21(24)26-15-17-6-3-2-4-7-17/h2-4,6-7,9-10,12,19H,5,8,11,13-15H2,1H3. The number of hydrogen-bond acceptors (Lipinski definition) is 3. The second-order valence-corrected chi connectivity index (χ2v) is 7.50. The molecule has 4 nitrogen and oxygen atoms in total. The Morgan fingerprint density at radius 1 is 1.27 bits per heavy atom. The van der Waals surface area contributed by atoms with E-state index in [-0.39, 0.29) is 18.8 Å². The van der Waals surface area contributed by atoms with Crippen LogP contribution in [0.3, 0.4) is 0 Å². The number of carbonyl (C=O) groups is 1. The number of halogens is 1. The smallest absolute Gasteiger partial charge is 0.410 e. The zero-order valence-electron chi connectivity index (χ0n) is 15.0. The van der Waals surface area contributed by atoms with Gasteiger partial charge in [0.2, 0.25) is 0 Å². The van der Waals surface area contributed by atoms with Gasteiger partial charge in [-0.3, -0.25) is 0 Å². The van der Waals surface area contributed by atoms with Gasteiger partial charge < -0.3 is 14.4 Å². The van der Waals surface area contributed by atoms with E-state index in [9.17, 15) is 4.79 Å². The maximum atomic E-state index is 12.7. The SMILES string of the molecule is Cc1ccc(CN(CC2CCCO2)C(=O)OCc2ccccc2)c(Br)c1. The Morgan fingerprint density at radius 3 is 2.77 bits per heavy atom. The first-order valence-corrected chi connectivity index (χ1v) is 9.73. The molecule has 2 aromatic rings. The van der Waals surface area contributed by atoms with Gasteiger partial charge in [-0.15, -0.1) is 0 Å². The highest BCUT2D eigenvalue weighted by molar-refractivity contribution is 9.10. The third kappa shape index (κ3) is 5.32. The van der Waals surface area contributed by atoms with Gasteiger partial charge in [-0.2, -0.15) is 0 Å². The fourth-order valence-corrected chi connectivity index (χ4v) is 3.65. The molecule has 5 heteroatoms. The summed E-state index contributed by atoms with van der Waals surface area (Å²) in [5.41, 5.74) is 3.22. The third-order valence-electron chi connectivity index (χ3n) is 4.48. The van der Waals surface area contributed by atoms with E-state index in [0.29, 0.717) is 13.1 Å². The maximum absolute atomic E-state index is 12.7. The van der Waals surface area contributed by atoms with Crippen molar-refractivity contribution in [3.63, 3.8) is 0 Å². The molecule has 1 saturated heterocycles. The summed E-state index contributed by atoms with van der Waals surface area (Å²) < 4.78 is 12.3. The summed E-state index contributed by atoms with van der Waals surface area (Å²) in [6.45, 7) is 4.14. The second kappa shape index (κ2) is 9.19. The van der Waals surface area contributed by atoms with Gasteiger partial charge in [-0.1, -0.05) is 58.4 Å². The first-order chi connectivity index (χ1) is 12.6. The van der Waals surface area contributed by atoms with Crippen molar-refractivity contribution in [2.45, 2.75) is 39.0 Å². The highest BCUT2D eigenvalue weighted by atomic mass is 79.9. The number of rotatable bonds is 6. The molecule has 0 aromatic heterocycles. The predicted molar refractivity (Wildman–Crippen MR) is 105 cm³/mol. The number of ether oxygens (including phenoxy) is 2. The molecule has 2 aromatic carbocycles. The lowest BCUT2D eigenvalue weighted by atomic mass is 10.1. The van der Waals surface area contributed by atoms with Crippen LogP contribution in [0.15, 0.2) is 53.0 Å². The van der Waals surface area contributed by atoms with Crippen molar-refractivity contribution in [3.05, 3.63) is 69.7 Å². The second-order valence-electron chi connectivity index (χ2n) is 6.65. The van der Waals surface area contributed by atoms with Gasteiger partial charge in [0, 0.05) is 11.1 Å². The molecule has 138 valence electrons. The number of nitrogens with zero attached hydrogens (tertiary/aromatic N) is 1. The van der Waals surface area contributed by atoms with Crippen LogP contribution in [-0.2, 0) is 22.6 Å². The molecular formula is C21H24BrNO3. The summed E-state index contributed by atoms with van der Waals surface area (Å²) >= 11 is 3.60. The first kappa shape index (κ1) is 18.9. The zero-order chi connectivity index (χ0) is 18.4. The molecule has 0 aliphatic carbocycles. The molecule has 1 amide bonds. The lowest BCUT2D eigenvalue weighted by Crippen LogP contribution is -2.37. The number of benzene rings is 2. The summed E-state index contributed by atoms with van der Waals surface area (Å²) in [7, 11) is 0. The van der Waals surface area contributed by atoms with Crippen LogP contribution in [0.1, 0.15) is 29.5 Å². The van der Waals surface area contributed by atoms with Crippen LogP contribution < -0.4 is 0 Å². The Kier molecular flexibility index (Phi) is 6.69. The average molecular weight is 418 g/mol. The summed E-state index contributed by atoms with van der Waals surface area (Å²) in [6, 6.07) is 15.9. The number of amides is 1. The van der Waals surface area contributed by atoms with Crippen molar-refractivity contribution in [2.24, 2.45) is 0 Å². The lowest BCUT2D eigenvalue weighted by molar-refractivity contribution is 0.0506. The Bertz CT molecular complexity index is 729. The van der Waals surface area contributed by atoms with E-state index in [4.69, 9.17) is 9.47 Å². The summed E-state index contributed by atoms with van der Waals surface area (Å²) in [6.07, 6.45) is 1.81. The molecule has 3 rings (SSSR count). The van der Waals surface area contributed by atoms with Crippen LogP contribution in [0.2, 0.25) is 0 Å². The third-order valence-corrected chi connectivity index (χ3v) is 5.22. The fraction of sp³-hybridized carbons (Fsp3) is 0.381. The molecule has 0 N–H and O–H groups in total. The van der Waals surface area contributed by atoms with Crippen molar-refractivity contribution in [1.82, 2.24) is 4.90 Å². The van der Waals surface area contributed by atoms with Crippen molar-refractivity contribution >= 4 is 22.0 Å². The van der Waals surface area contributed by atoms with E-state index < -0.39 is 0 Å². The topological polar surface area (TPSA) is 38.8 Å². The Labute approximate surface area is 163 Å². The molecule has 0 saturated carbocycles. The minimum absolute atomic E-state index is 0.0866. The van der Waals surface area contributed by atoms with Gasteiger partial charge in [0.05, 0.1) is 19.2 Å². The molecule has 0 radical (unpaired) electrons. The molecule has 1 atom stereocenters. The molecule has 1 aliphatic rings. The molecular weight excluding hydrogens is 394 g/mol.